The Morgan fingerprint density at radius 3 is 2.70 bits per heavy atom. The number of nitrogens with zero attached hydrogens (tertiary/aromatic N) is 1. The number of nitrogens with one attached hydrogen (secondary N) is 2. The van der Waals surface area contributed by atoms with Crippen LogP contribution in [0.25, 0.3) is 0 Å². The minimum Gasteiger partial charge on any atom is -0.508 e. The normalized spacial score (nSPS) is 27.9. The molecule has 1 aromatic carbocycles. The van der Waals surface area contributed by atoms with Gasteiger partial charge in [0.25, 0.3) is 0 Å². The molecule has 20 heavy (non-hydrogen) atoms. The fourth-order valence-corrected chi connectivity index (χ4v) is 3.55. The first-order valence-electron chi connectivity index (χ1n) is 7.09. The Balaban J connectivity index is 1.46. The second kappa shape index (κ2) is 5.79. The van der Waals surface area contributed by atoms with Crippen molar-refractivity contribution in [3.63, 3.8) is 0 Å². The molecule has 2 fully saturated rings. The third-order valence-electron chi connectivity index (χ3n) is 4.33. The predicted octanol–water partition coefficient (Wildman–Crippen LogP) is 2.38. The molecule has 0 spiro atoms. The van der Waals surface area contributed by atoms with Gasteiger partial charge in [0.05, 0.1) is 6.21 Å². The van der Waals surface area contributed by atoms with Crippen LogP contribution in [0.1, 0.15) is 31.2 Å². The zero-order chi connectivity index (χ0) is 13.9. The molecule has 0 aliphatic heterocycles. The third kappa shape index (κ3) is 3.10. The van der Waals surface area contributed by atoms with Crippen LogP contribution in [0.5, 0.6) is 5.75 Å². The highest BCUT2D eigenvalue weighted by Crippen LogP contribution is 2.44. The summed E-state index contributed by atoms with van der Waals surface area (Å²) in [5.74, 6) is 1.95. The van der Waals surface area contributed by atoms with E-state index in [1.165, 1.54) is 25.7 Å². The Morgan fingerprint density at radius 2 is 2.05 bits per heavy atom. The van der Waals surface area contributed by atoms with Crippen LogP contribution in [-0.4, -0.2) is 22.5 Å². The summed E-state index contributed by atoms with van der Waals surface area (Å²) in [7, 11) is 0. The highest BCUT2D eigenvalue weighted by Gasteiger charge is 2.39. The average Bonchev–Trinajstić information content (AvgIpc) is 3.03. The molecule has 0 amide bonds. The van der Waals surface area contributed by atoms with Crippen molar-refractivity contribution in [3.8, 4) is 5.75 Å². The van der Waals surface area contributed by atoms with Crippen LogP contribution in [0.4, 0.5) is 0 Å². The van der Waals surface area contributed by atoms with Gasteiger partial charge in [0.2, 0.25) is 0 Å². The monoisotopic (exact) mass is 289 g/mol. The van der Waals surface area contributed by atoms with Crippen molar-refractivity contribution in [2.24, 2.45) is 16.9 Å². The number of fused-ring (bicyclic) bond motifs is 2. The lowest BCUT2D eigenvalue weighted by Gasteiger charge is -2.23. The molecule has 2 saturated carbocycles. The summed E-state index contributed by atoms with van der Waals surface area (Å²) >= 11 is 5.27. The van der Waals surface area contributed by atoms with E-state index in [1.807, 2.05) is 0 Å². The van der Waals surface area contributed by atoms with E-state index in [-0.39, 0.29) is 5.75 Å². The molecule has 5 heteroatoms. The first-order chi connectivity index (χ1) is 9.70. The van der Waals surface area contributed by atoms with Gasteiger partial charge in [0.1, 0.15) is 5.75 Å². The summed E-state index contributed by atoms with van der Waals surface area (Å²) in [6.07, 6.45) is 7.02. The molecule has 0 saturated heterocycles. The van der Waals surface area contributed by atoms with Crippen molar-refractivity contribution in [3.05, 3.63) is 29.8 Å². The van der Waals surface area contributed by atoms with E-state index in [4.69, 9.17) is 12.2 Å². The van der Waals surface area contributed by atoms with Crippen LogP contribution in [0.3, 0.4) is 0 Å². The van der Waals surface area contributed by atoms with Gasteiger partial charge in [-0.25, -0.2) is 0 Å². The number of aromatic hydroxyl groups is 1. The van der Waals surface area contributed by atoms with Crippen molar-refractivity contribution in [2.75, 3.05) is 0 Å². The van der Waals surface area contributed by atoms with Gasteiger partial charge in [0, 0.05) is 6.04 Å². The number of hydrogen-bond acceptors (Lipinski definition) is 3. The van der Waals surface area contributed by atoms with Gasteiger partial charge in [0.15, 0.2) is 5.11 Å². The number of hydrogen-bond donors (Lipinski definition) is 3. The second-order valence-corrected chi connectivity index (χ2v) is 6.12. The Morgan fingerprint density at radius 1 is 1.25 bits per heavy atom. The van der Waals surface area contributed by atoms with Crippen LogP contribution in [0.2, 0.25) is 0 Å². The molecule has 2 bridgehead atoms. The number of hydrazone groups is 1. The molecule has 2 aliphatic carbocycles. The highest BCUT2D eigenvalue weighted by atomic mass is 32.1. The van der Waals surface area contributed by atoms with Gasteiger partial charge in [-0.3, -0.25) is 5.43 Å². The summed E-state index contributed by atoms with van der Waals surface area (Å²) in [5.41, 5.74) is 3.77. The largest absolute Gasteiger partial charge is 0.508 e. The van der Waals surface area contributed by atoms with Crippen LogP contribution in [0, 0.1) is 11.8 Å². The van der Waals surface area contributed by atoms with Crippen molar-refractivity contribution in [1.29, 1.82) is 0 Å². The zero-order valence-electron chi connectivity index (χ0n) is 11.2. The van der Waals surface area contributed by atoms with Crippen LogP contribution in [-0.2, 0) is 0 Å². The number of rotatable bonds is 3. The van der Waals surface area contributed by atoms with E-state index >= 15 is 0 Å². The lowest BCUT2D eigenvalue weighted by Crippen LogP contribution is -2.42. The fraction of sp³-hybridized carbons (Fsp3) is 0.467. The molecule has 0 radical (unpaired) electrons. The Bertz CT molecular complexity index is 514. The van der Waals surface area contributed by atoms with Crippen molar-refractivity contribution in [1.82, 2.24) is 10.7 Å². The lowest BCUT2D eigenvalue weighted by molar-refractivity contribution is 0.389. The number of benzene rings is 1. The van der Waals surface area contributed by atoms with Gasteiger partial charge < -0.3 is 10.4 Å². The number of phenolic OH excluding ortho intramolecular Hbond substituents is 1. The van der Waals surface area contributed by atoms with E-state index < -0.39 is 0 Å². The minimum absolute atomic E-state index is 0.253. The predicted molar refractivity (Wildman–Crippen MR) is 83.8 cm³/mol. The first-order valence-corrected chi connectivity index (χ1v) is 7.50. The molecule has 106 valence electrons. The fourth-order valence-electron chi connectivity index (χ4n) is 3.35. The molecular formula is C15H19N3OS. The van der Waals surface area contributed by atoms with E-state index in [9.17, 15) is 5.11 Å². The van der Waals surface area contributed by atoms with Crippen LogP contribution >= 0.6 is 12.2 Å². The highest BCUT2D eigenvalue weighted by molar-refractivity contribution is 7.80. The first kappa shape index (κ1) is 13.4. The lowest BCUT2D eigenvalue weighted by atomic mass is 9.96. The number of thiocarbonyl (C=S) groups is 1. The minimum atomic E-state index is 0.253. The molecule has 0 heterocycles. The third-order valence-corrected chi connectivity index (χ3v) is 4.54. The van der Waals surface area contributed by atoms with Crippen LogP contribution in [0.15, 0.2) is 29.4 Å². The second-order valence-electron chi connectivity index (χ2n) is 5.72. The van der Waals surface area contributed by atoms with Gasteiger partial charge in [-0.2, -0.15) is 5.10 Å². The topological polar surface area (TPSA) is 56.7 Å². The van der Waals surface area contributed by atoms with Gasteiger partial charge >= 0.3 is 0 Å². The molecule has 4 nitrogen and oxygen atoms in total. The van der Waals surface area contributed by atoms with Gasteiger partial charge in [-0.15, -0.1) is 0 Å². The SMILES string of the molecule is Oc1ccc(C=NNC(=S)NC2CC3CCC2C3)cc1. The molecule has 1 aromatic rings. The molecule has 0 aromatic heterocycles. The summed E-state index contributed by atoms with van der Waals surface area (Å²) < 4.78 is 0. The number of phenols is 1. The maximum Gasteiger partial charge on any atom is 0.187 e. The molecular weight excluding hydrogens is 270 g/mol. The Kier molecular flexibility index (Phi) is 3.87. The van der Waals surface area contributed by atoms with Crippen molar-refractivity contribution in [2.45, 2.75) is 31.7 Å². The summed E-state index contributed by atoms with van der Waals surface area (Å²) in [6, 6.07) is 7.39. The quantitative estimate of drug-likeness (QED) is 0.454. The smallest absolute Gasteiger partial charge is 0.187 e. The maximum atomic E-state index is 9.19. The Labute approximate surface area is 124 Å². The molecule has 3 atom stereocenters. The molecule has 3 N–H and O–H groups in total. The van der Waals surface area contributed by atoms with E-state index in [0.29, 0.717) is 11.2 Å². The molecule has 3 unspecified atom stereocenters. The van der Waals surface area contributed by atoms with Crippen molar-refractivity contribution < 1.29 is 5.11 Å². The average molecular weight is 289 g/mol. The summed E-state index contributed by atoms with van der Waals surface area (Å²) in [5, 5.41) is 17.3. The Hall–Kier alpha value is -1.62. The van der Waals surface area contributed by atoms with E-state index in [1.54, 1.807) is 30.5 Å². The van der Waals surface area contributed by atoms with Crippen LogP contribution < -0.4 is 10.7 Å². The van der Waals surface area contributed by atoms with E-state index in [2.05, 4.69) is 15.8 Å². The zero-order valence-corrected chi connectivity index (χ0v) is 12.1. The molecule has 2 aliphatic rings. The summed E-state index contributed by atoms with van der Waals surface area (Å²) in [4.78, 5) is 0. The summed E-state index contributed by atoms with van der Waals surface area (Å²) in [6.45, 7) is 0. The van der Waals surface area contributed by atoms with E-state index in [0.717, 1.165) is 17.4 Å². The maximum absolute atomic E-state index is 9.19. The molecule has 3 rings (SSSR count). The standard InChI is InChI=1S/C15H19N3OS/c19-13-5-2-10(3-6-13)9-16-18-15(20)17-14-8-11-1-4-12(14)7-11/h2-3,5-6,9,11-12,14,19H,1,4,7-8H2,(H2,17,18,20). The van der Waals surface area contributed by atoms with Gasteiger partial charge in [-0.1, -0.05) is 6.42 Å². The van der Waals surface area contributed by atoms with Gasteiger partial charge in [-0.05, 0) is 73.1 Å². The van der Waals surface area contributed by atoms with Crippen molar-refractivity contribution >= 4 is 23.5 Å².